The summed E-state index contributed by atoms with van der Waals surface area (Å²) in [5.74, 6) is -0.792. The van der Waals surface area contributed by atoms with E-state index in [1.165, 1.54) is 0 Å². The monoisotopic (exact) mass is 350 g/mol. The van der Waals surface area contributed by atoms with E-state index in [1.807, 2.05) is 13.8 Å². The zero-order valence-electron chi connectivity index (χ0n) is 15.5. The molecule has 4 fully saturated rings. The molecule has 3 aliphatic carbocycles. The van der Waals surface area contributed by atoms with Crippen molar-refractivity contribution in [1.82, 2.24) is 0 Å². The summed E-state index contributed by atoms with van der Waals surface area (Å²) in [6.45, 7) is 6.09. The summed E-state index contributed by atoms with van der Waals surface area (Å²) in [5.41, 5.74) is -1.83. The average Bonchev–Trinajstić information content (AvgIpc) is 2.48. The average molecular weight is 350 g/mol. The summed E-state index contributed by atoms with van der Waals surface area (Å²) in [6.07, 6.45) is 5.14. The SMILES string of the molecule is C[C@@]12CC[C@H]3[C@]4(C)CCC[C@@](C)(C(=O)O)[C@H]4C[C@H](O)[C@]3(CC(=O)O1)C2. The highest BCUT2D eigenvalue weighted by Crippen LogP contribution is 2.70. The Labute approximate surface area is 149 Å². The standard InChI is InChI=1S/C20H30O5/c1-17-8-5-12-18(2)6-4-7-19(3,16(23)24)13(18)9-14(21)20(12,11-17)10-15(22)25-17/h12-14,21H,4-11H2,1-3H3,(H,23,24)/t12-,13-,14-,17-,18-,19+,20+/m0/s1. The highest BCUT2D eigenvalue weighted by molar-refractivity contribution is 5.75. The molecule has 2 bridgehead atoms. The number of hydrogen-bond donors (Lipinski definition) is 2. The fourth-order valence-electron chi connectivity index (χ4n) is 7.52. The van der Waals surface area contributed by atoms with Gasteiger partial charge >= 0.3 is 11.9 Å². The predicted octanol–water partition coefficient (Wildman–Crippen LogP) is 3.14. The molecule has 2 N–H and O–H groups in total. The second-order valence-corrected chi connectivity index (χ2v) is 9.99. The second-order valence-electron chi connectivity index (χ2n) is 9.99. The number of aliphatic hydroxyl groups excluding tert-OH is 1. The maximum atomic E-state index is 12.3. The topological polar surface area (TPSA) is 83.8 Å². The maximum Gasteiger partial charge on any atom is 0.309 e. The van der Waals surface area contributed by atoms with Crippen molar-refractivity contribution in [1.29, 1.82) is 0 Å². The van der Waals surface area contributed by atoms with Crippen LogP contribution in [0.2, 0.25) is 0 Å². The van der Waals surface area contributed by atoms with Gasteiger partial charge in [0.05, 0.1) is 17.9 Å². The van der Waals surface area contributed by atoms with Gasteiger partial charge in [-0.1, -0.05) is 13.3 Å². The van der Waals surface area contributed by atoms with Gasteiger partial charge in [-0.25, -0.2) is 0 Å². The number of carbonyl (C=O) groups excluding carboxylic acids is 1. The minimum absolute atomic E-state index is 0.0424. The van der Waals surface area contributed by atoms with Crippen molar-refractivity contribution in [2.24, 2.45) is 28.1 Å². The second kappa shape index (κ2) is 4.99. The van der Waals surface area contributed by atoms with Crippen molar-refractivity contribution < 1.29 is 24.5 Å². The third kappa shape index (κ3) is 2.11. The molecule has 1 heterocycles. The zero-order valence-corrected chi connectivity index (χ0v) is 15.5. The minimum atomic E-state index is -0.786. The Hall–Kier alpha value is -1.10. The molecule has 5 nitrogen and oxygen atoms in total. The van der Waals surface area contributed by atoms with Crippen LogP contribution in [0.4, 0.5) is 0 Å². The fraction of sp³-hybridized carbons (Fsp3) is 0.900. The van der Waals surface area contributed by atoms with Crippen LogP contribution in [0, 0.1) is 28.1 Å². The van der Waals surface area contributed by atoms with E-state index in [2.05, 4.69) is 6.92 Å². The molecule has 1 aliphatic heterocycles. The zero-order chi connectivity index (χ0) is 18.3. The summed E-state index contributed by atoms with van der Waals surface area (Å²) < 4.78 is 5.64. The van der Waals surface area contributed by atoms with Crippen molar-refractivity contribution in [3.8, 4) is 0 Å². The van der Waals surface area contributed by atoms with Crippen molar-refractivity contribution in [2.45, 2.75) is 83.8 Å². The summed E-state index contributed by atoms with van der Waals surface area (Å²) in [4.78, 5) is 24.4. The van der Waals surface area contributed by atoms with Gasteiger partial charge in [-0.05, 0) is 69.6 Å². The number of rotatable bonds is 1. The highest BCUT2D eigenvalue weighted by Gasteiger charge is 2.69. The molecule has 7 atom stereocenters. The number of fused-ring (bicyclic) bond motifs is 3. The number of carboxylic acid groups (broad SMARTS) is 1. The Kier molecular flexibility index (Phi) is 3.46. The third-order valence-electron chi connectivity index (χ3n) is 8.58. The van der Waals surface area contributed by atoms with Crippen LogP contribution in [0.15, 0.2) is 0 Å². The molecule has 3 saturated carbocycles. The van der Waals surface area contributed by atoms with E-state index in [-0.39, 0.29) is 29.6 Å². The lowest BCUT2D eigenvalue weighted by atomic mass is 9.38. The lowest BCUT2D eigenvalue weighted by Crippen LogP contribution is -2.68. The molecular weight excluding hydrogens is 320 g/mol. The Morgan fingerprint density at radius 3 is 2.56 bits per heavy atom. The lowest BCUT2D eigenvalue weighted by molar-refractivity contribution is -0.258. The van der Waals surface area contributed by atoms with E-state index in [4.69, 9.17) is 4.74 Å². The van der Waals surface area contributed by atoms with E-state index in [0.29, 0.717) is 19.3 Å². The number of aliphatic hydroxyl groups is 1. The lowest BCUT2D eigenvalue weighted by Gasteiger charge is -2.68. The van der Waals surface area contributed by atoms with Gasteiger partial charge in [-0.2, -0.15) is 0 Å². The first-order valence-electron chi connectivity index (χ1n) is 9.69. The van der Waals surface area contributed by atoms with Gasteiger partial charge in [0.2, 0.25) is 0 Å². The van der Waals surface area contributed by atoms with E-state index >= 15 is 0 Å². The molecule has 140 valence electrons. The number of carbonyl (C=O) groups is 2. The minimum Gasteiger partial charge on any atom is -0.481 e. The van der Waals surface area contributed by atoms with Crippen LogP contribution >= 0.6 is 0 Å². The van der Waals surface area contributed by atoms with Crippen molar-refractivity contribution in [3.63, 3.8) is 0 Å². The highest BCUT2D eigenvalue weighted by atomic mass is 16.6. The van der Waals surface area contributed by atoms with Crippen LogP contribution in [-0.4, -0.2) is 33.9 Å². The van der Waals surface area contributed by atoms with Crippen LogP contribution in [0.1, 0.15) is 72.1 Å². The summed E-state index contributed by atoms with van der Waals surface area (Å²) >= 11 is 0. The molecule has 5 heteroatoms. The van der Waals surface area contributed by atoms with Gasteiger partial charge in [0.15, 0.2) is 0 Å². The molecule has 0 aromatic heterocycles. The largest absolute Gasteiger partial charge is 0.481 e. The number of ether oxygens (including phenoxy) is 1. The maximum absolute atomic E-state index is 12.3. The van der Waals surface area contributed by atoms with Crippen molar-refractivity contribution >= 4 is 11.9 Å². The van der Waals surface area contributed by atoms with E-state index in [1.54, 1.807) is 0 Å². The molecule has 4 rings (SSSR count). The van der Waals surface area contributed by atoms with Gasteiger partial charge in [0.25, 0.3) is 0 Å². The van der Waals surface area contributed by atoms with Gasteiger partial charge in [0, 0.05) is 5.41 Å². The predicted molar refractivity (Wildman–Crippen MR) is 90.7 cm³/mol. The molecule has 4 aliphatic rings. The van der Waals surface area contributed by atoms with E-state index in [9.17, 15) is 19.8 Å². The number of esters is 1. The first kappa shape index (κ1) is 17.3. The molecule has 1 spiro atoms. The smallest absolute Gasteiger partial charge is 0.309 e. The molecular formula is C20H30O5. The third-order valence-corrected chi connectivity index (χ3v) is 8.58. The Morgan fingerprint density at radius 2 is 1.88 bits per heavy atom. The van der Waals surface area contributed by atoms with Gasteiger partial charge in [-0.15, -0.1) is 0 Å². The Balaban J connectivity index is 1.80. The summed E-state index contributed by atoms with van der Waals surface area (Å²) in [7, 11) is 0. The molecule has 25 heavy (non-hydrogen) atoms. The van der Waals surface area contributed by atoms with Crippen LogP contribution in [0.25, 0.3) is 0 Å². The first-order valence-corrected chi connectivity index (χ1v) is 9.69. The fourth-order valence-corrected chi connectivity index (χ4v) is 7.52. The van der Waals surface area contributed by atoms with Crippen LogP contribution in [0.5, 0.6) is 0 Å². The van der Waals surface area contributed by atoms with Crippen molar-refractivity contribution in [3.05, 3.63) is 0 Å². The number of aliphatic carboxylic acids is 1. The molecule has 1 saturated heterocycles. The molecule has 0 aromatic carbocycles. The van der Waals surface area contributed by atoms with E-state index in [0.717, 1.165) is 25.7 Å². The molecule has 0 amide bonds. The molecule has 0 radical (unpaired) electrons. The normalized spacial score (nSPS) is 54.9. The summed E-state index contributed by atoms with van der Waals surface area (Å²) in [6, 6.07) is 0. The van der Waals surface area contributed by atoms with Crippen LogP contribution in [0.3, 0.4) is 0 Å². The van der Waals surface area contributed by atoms with Gasteiger partial charge < -0.3 is 14.9 Å². The van der Waals surface area contributed by atoms with Crippen molar-refractivity contribution in [2.75, 3.05) is 0 Å². The molecule has 0 aromatic rings. The Morgan fingerprint density at radius 1 is 1.16 bits per heavy atom. The Bertz CT molecular complexity index is 632. The summed E-state index contributed by atoms with van der Waals surface area (Å²) in [5, 5.41) is 21.1. The number of carboxylic acids is 1. The van der Waals surface area contributed by atoms with E-state index < -0.39 is 28.5 Å². The van der Waals surface area contributed by atoms with Crippen LogP contribution < -0.4 is 0 Å². The quantitative estimate of drug-likeness (QED) is 0.710. The van der Waals surface area contributed by atoms with Crippen LogP contribution in [-0.2, 0) is 14.3 Å². The number of hydrogen-bond acceptors (Lipinski definition) is 4. The van der Waals surface area contributed by atoms with Gasteiger partial charge in [0.1, 0.15) is 5.60 Å². The van der Waals surface area contributed by atoms with Gasteiger partial charge in [-0.3, -0.25) is 9.59 Å². The first-order chi connectivity index (χ1) is 11.6. The molecule has 0 unspecified atom stereocenters.